The van der Waals surface area contributed by atoms with Crippen LogP contribution in [-0.4, -0.2) is 13.0 Å². The van der Waals surface area contributed by atoms with Crippen LogP contribution in [0.5, 0.6) is 5.75 Å². The van der Waals surface area contributed by atoms with Gasteiger partial charge < -0.3 is 15.4 Å². The Kier molecular flexibility index (Phi) is 6.47. The smallest absolute Gasteiger partial charge is 0.257 e. The van der Waals surface area contributed by atoms with Gasteiger partial charge in [-0.15, -0.1) is 0 Å². The molecule has 0 aliphatic heterocycles. The molecule has 0 bridgehead atoms. The van der Waals surface area contributed by atoms with E-state index in [9.17, 15) is 4.79 Å². The highest BCUT2D eigenvalue weighted by atomic mass is 35.5. The third-order valence-corrected chi connectivity index (χ3v) is 4.47. The standard InChI is InChI=1S/C22H21ClN2O2/c1-27-21-12-5-2-8-17(21)15-24-14-16-7-6-9-18(13-16)25-22(26)19-10-3-4-11-20(19)23/h2-13,24H,14-15H2,1H3,(H,25,26). The van der Waals surface area contributed by atoms with Crippen LogP contribution in [0.3, 0.4) is 0 Å². The van der Waals surface area contributed by atoms with E-state index in [0.29, 0.717) is 23.7 Å². The third kappa shape index (κ3) is 5.09. The highest BCUT2D eigenvalue weighted by Gasteiger charge is 2.10. The van der Waals surface area contributed by atoms with Gasteiger partial charge in [0.15, 0.2) is 0 Å². The number of methoxy groups -OCH3 is 1. The van der Waals surface area contributed by atoms with Crippen molar-refractivity contribution in [2.75, 3.05) is 12.4 Å². The minimum Gasteiger partial charge on any atom is -0.496 e. The second kappa shape index (κ2) is 9.21. The van der Waals surface area contributed by atoms with Crippen LogP contribution in [0.1, 0.15) is 21.5 Å². The Morgan fingerprint density at radius 1 is 0.963 bits per heavy atom. The van der Waals surface area contributed by atoms with Crippen LogP contribution in [0.4, 0.5) is 5.69 Å². The maximum Gasteiger partial charge on any atom is 0.257 e. The number of hydrogen-bond donors (Lipinski definition) is 2. The molecule has 27 heavy (non-hydrogen) atoms. The van der Waals surface area contributed by atoms with Crippen molar-refractivity contribution in [3.63, 3.8) is 0 Å². The van der Waals surface area contributed by atoms with Gasteiger partial charge in [-0.25, -0.2) is 0 Å². The fourth-order valence-corrected chi connectivity index (χ4v) is 3.01. The Balaban J connectivity index is 1.60. The lowest BCUT2D eigenvalue weighted by Gasteiger charge is -2.11. The van der Waals surface area contributed by atoms with Gasteiger partial charge in [0.1, 0.15) is 5.75 Å². The first-order valence-corrected chi connectivity index (χ1v) is 9.02. The molecule has 0 aromatic heterocycles. The van der Waals surface area contributed by atoms with Crippen molar-refractivity contribution in [3.8, 4) is 5.75 Å². The number of benzene rings is 3. The van der Waals surface area contributed by atoms with Crippen LogP contribution < -0.4 is 15.4 Å². The van der Waals surface area contributed by atoms with Crippen molar-refractivity contribution >= 4 is 23.2 Å². The number of carbonyl (C=O) groups is 1. The van der Waals surface area contributed by atoms with Crippen LogP contribution in [-0.2, 0) is 13.1 Å². The Labute approximate surface area is 164 Å². The lowest BCUT2D eigenvalue weighted by molar-refractivity contribution is 0.102. The normalized spacial score (nSPS) is 10.4. The Hall–Kier alpha value is -2.82. The number of hydrogen-bond acceptors (Lipinski definition) is 3. The molecular weight excluding hydrogens is 360 g/mol. The summed E-state index contributed by atoms with van der Waals surface area (Å²) in [5.74, 6) is 0.644. The average Bonchev–Trinajstić information content (AvgIpc) is 2.69. The summed E-state index contributed by atoms with van der Waals surface area (Å²) in [6.45, 7) is 1.37. The Bertz CT molecular complexity index is 927. The highest BCUT2D eigenvalue weighted by Crippen LogP contribution is 2.19. The summed E-state index contributed by atoms with van der Waals surface area (Å²) in [6, 6.07) is 22.7. The number of nitrogens with one attached hydrogen (secondary N) is 2. The number of anilines is 1. The van der Waals surface area contributed by atoms with Gasteiger partial charge in [-0.2, -0.15) is 0 Å². The number of rotatable bonds is 7. The Morgan fingerprint density at radius 2 is 1.74 bits per heavy atom. The third-order valence-electron chi connectivity index (χ3n) is 4.14. The molecule has 0 unspecified atom stereocenters. The lowest BCUT2D eigenvalue weighted by atomic mass is 10.1. The van der Waals surface area contributed by atoms with E-state index >= 15 is 0 Å². The molecule has 3 rings (SSSR count). The number of amides is 1. The van der Waals surface area contributed by atoms with Crippen LogP contribution in [0, 0.1) is 0 Å². The molecule has 0 aliphatic rings. The maximum atomic E-state index is 12.4. The molecule has 4 nitrogen and oxygen atoms in total. The van der Waals surface area contributed by atoms with Crippen LogP contribution >= 0.6 is 11.6 Å². The zero-order valence-electron chi connectivity index (χ0n) is 15.0. The number of halogens is 1. The van der Waals surface area contributed by atoms with Gasteiger partial charge in [0.05, 0.1) is 17.7 Å². The quantitative estimate of drug-likeness (QED) is 0.613. The summed E-state index contributed by atoms with van der Waals surface area (Å²) < 4.78 is 5.36. The highest BCUT2D eigenvalue weighted by molar-refractivity contribution is 6.34. The topological polar surface area (TPSA) is 50.4 Å². The SMILES string of the molecule is COc1ccccc1CNCc1cccc(NC(=O)c2ccccc2Cl)c1. The summed E-state index contributed by atoms with van der Waals surface area (Å²) in [6.07, 6.45) is 0. The molecule has 2 N–H and O–H groups in total. The monoisotopic (exact) mass is 380 g/mol. The number of para-hydroxylation sites is 1. The second-order valence-corrected chi connectivity index (χ2v) is 6.46. The summed E-state index contributed by atoms with van der Waals surface area (Å²) >= 11 is 6.09. The zero-order chi connectivity index (χ0) is 19.1. The van der Waals surface area contributed by atoms with Gasteiger partial charge in [0.2, 0.25) is 0 Å². The first-order chi connectivity index (χ1) is 13.2. The van der Waals surface area contributed by atoms with Gasteiger partial charge in [0, 0.05) is 24.3 Å². The molecule has 0 atom stereocenters. The van der Waals surface area contributed by atoms with E-state index in [0.717, 1.165) is 22.6 Å². The van der Waals surface area contributed by atoms with Gasteiger partial charge in [0.25, 0.3) is 5.91 Å². The summed E-state index contributed by atoms with van der Waals surface area (Å²) in [4.78, 5) is 12.4. The first kappa shape index (κ1) is 19.0. The van der Waals surface area contributed by atoms with E-state index < -0.39 is 0 Å². The molecule has 0 spiro atoms. The summed E-state index contributed by atoms with van der Waals surface area (Å²) in [7, 11) is 1.67. The first-order valence-electron chi connectivity index (χ1n) is 8.65. The lowest BCUT2D eigenvalue weighted by Crippen LogP contribution is -2.15. The predicted octanol–water partition coefficient (Wildman–Crippen LogP) is 4.89. The molecule has 0 aliphatic carbocycles. The van der Waals surface area contributed by atoms with Crippen molar-refractivity contribution < 1.29 is 9.53 Å². The zero-order valence-corrected chi connectivity index (χ0v) is 15.8. The molecule has 0 saturated carbocycles. The Morgan fingerprint density at radius 3 is 2.56 bits per heavy atom. The van der Waals surface area contributed by atoms with Crippen LogP contribution in [0.25, 0.3) is 0 Å². The van der Waals surface area contributed by atoms with Gasteiger partial charge >= 0.3 is 0 Å². The minimum atomic E-state index is -0.222. The molecule has 3 aromatic rings. The van der Waals surface area contributed by atoms with Gasteiger partial charge in [-0.3, -0.25) is 4.79 Å². The van der Waals surface area contributed by atoms with E-state index in [-0.39, 0.29) is 5.91 Å². The van der Waals surface area contributed by atoms with E-state index in [2.05, 4.69) is 10.6 Å². The van der Waals surface area contributed by atoms with E-state index in [1.165, 1.54) is 0 Å². The van der Waals surface area contributed by atoms with Crippen LogP contribution in [0.15, 0.2) is 72.8 Å². The minimum absolute atomic E-state index is 0.222. The molecule has 0 radical (unpaired) electrons. The van der Waals surface area contributed by atoms with Crippen molar-refractivity contribution in [1.82, 2.24) is 5.32 Å². The molecule has 3 aromatic carbocycles. The summed E-state index contributed by atoms with van der Waals surface area (Å²) in [5.41, 5.74) is 3.36. The largest absolute Gasteiger partial charge is 0.496 e. The van der Waals surface area contributed by atoms with Crippen molar-refractivity contribution in [2.24, 2.45) is 0 Å². The maximum absolute atomic E-state index is 12.4. The van der Waals surface area contributed by atoms with Gasteiger partial charge in [-0.05, 0) is 35.9 Å². The van der Waals surface area contributed by atoms with E-state index in [1.54, 1.807) is 31.4 Å². The fourth-order valence-electron chi connectivity index (χ4n) is 2.79. The van der Waals surface area contributed by atoms with Crippen molar-refractivity contribution in [1.29, 1.82) is 0 Å². The molecule has 0 fully saturated rings. The van der Waals surface area contributed by atoms with E-state index in [1.807, 2.05) is 48.5 Å². The van der Waals surface area contributed by atoms with Crippen LogP contribution in [0.2, 0.25) is 5.02 Å². The van der Waals surface area contributed by atoms with Crippen molar-refractivity contribution in [2.45, 2.75) is 13.1 Å². The molecule has 5 heteroatoms. The molecule has 1 amide bonds. The second-order valence-electron chi connectivity index (χ2n) is 6.05. The van der Waals surface area contributed by atoms with E-state index in [4.69, 9.17) is 16.3 Å². The number of ether oxygens (including phenoxy) is 1. The number of carbonyl (C=O) groups excluding carboxylic acids is 1. The molecule has 138 valence electrons. The molecular formula is C22H21ClN2O2. The predicted molar refractivity (Wildman–Crippen MR) is 109 cm³/mol. The fraction of sp³-hybridized carbons (Fsp3) is 0.136. The molecule has 0 saturated heterocycles. The summed E-state index contributed by atoms with van der Waals surface area (Å²) in [5, 5.41) is 6.73. The van der Waals surface area contributed by atoms with Crippen molar-refractivity contribution in [3.05, 3.63) is 94.5 Å². The average molecular weight is 381 g/mol. The van der Waals surface area contributed by atoms with Gasteiger partial charge in [-0.1, -0.05) is 54.1 Å². The molecule has 0 heterocycles.